The van der Waals surface area contributed by atoms with Gasteiger partial charge in [-0.05, 0) is 73.1 Å². The molecular weight excluding hydrogens is 507 g/mol. The first-order chi connectivity index (χ1) is 19.5. The first-order valence-electron chi connectivity index (χ1n) is 14.0. The zero-order chi connectivity index (χ0) is 27.6. The standard InChI is InChI=1S/C33H33FN2O4/c1-21-27(33(37)38)13-16-36(21)32-31(24-14-17-39-18-15-24)30(23-7-9-25(34)10-8-23)28-12-11-26(19-29(28)35-32)40-20-22-5-3-2-4-6-22/h2-12,19,21,24,27H,13-18,20H2,1H3,(H,37,38)/t21?,27-/m1/s1. The Hall–Kier alpha value is -3.97. The summed E-state index contributed by atoms with van der Waals surface area (Å²) in [4.78, 5) is 19.4. The second kappa shape index (κ2) is 11.3. The zero-order valence-corrected chi connectivity index (χ0v) is 22.6. The number of nitrogens with zero attached hydrogens (tertiary/aromatic N) is 2. The fourth-order valence-electron chi connectivity index (χ4n) is 6.17. The Kier molecular flexibility index (Phi) is 7.39. The van der Waals surface area contributed by atoms with Crippen molar-refractivity contribution in [3.8, 4) is 16.9 Å². The van der Waals surface area contributed by atoms with Gasteiger partial charge in [0, 0.05) is 42.8 Å². The quantitative estimate of drug-likeness (QED) is 0.278. The minimum Gasteiger partial charge on any atom is -0.489 e. The fourth-order valence-corrected chi connectivity index (χ4v) is 6.17. The topological polar surface area (TPSA) is 71.9 Å². The van der Waals surface area contributed by atoms with Crippen LogP contribution in [-0.2, 0) is 16.1 Å². The van der Waals surface area contributed by atoms with Gasteiger partial charge in [0.1, 0.15) is 24.0 Å². The third kappa shape index (κ3) is 5.13. The van der Waals surface area contributed by atoms with Gasteiger partial charge in [-0.3, -0.25) is 4.79 Å². The highest BCUT2D eigenvalue weighted by atomic mass is 19.1. The largest absolute Gasteiger partial charge is 0.489 e. The molecule has 40 heavy (non-hydrogen) atoms. The summed E-state index contributed by atoms with van der Waals surface area (Å²) in [5, 5.41) is 10.8. The molecule has 1 aromatic heterocycles. The third-order valence-corrected chi connectivity index (χ3v) is 8.33. The molecule has 0 bridgehead atoms. The van der Waals surface area contributed by atoms with Crippen molar-refractivity contribution >= 4 is 22.7 Å². The van der Waals surface area contributed by atoms with E-state index in [0.29, 0.717) is 38.5 Å². The lowest BCUT2D eigenvalue weighted by Gasteiger charge is -2.33. The van der Waals surface area contributed by atoms with Crippen LogP contribution in [0.3, 0.4) is 0 Å². The Morgan fingerprint density at radius 2 is 1.80 bits per heavy atom. The molecule has 7 heteroatoms. The van der Waals surface area contributed by atoms with Crippen molar-refractivity contribution in [2.24, 2.45) is 5.92 Å². The Balaban J connectivity index is 1.53. The molecule has 1 N–H and O–H groups in total. The van der Waals surface area contributed by atoms with Gasteiger partial charge in [0.15, 0.2) is 0 Å². The van der Waals surface area contributed by atoms with Crippen molar-refractivity contribution in [2.75, 3.05) is 24.7 Å². The van der Waals surface area contributed by atoms with E-state index in [0.717, 1.165) is 51.8 Å². The van der Waals surface area contributed by atoms with Gasteiger partial charge in [0.2, 0.25) is 0 Å². The summed E-state index contributed by atoms with van der Waals surface area (Å²) in [5.74, 6) is 0.176. The van der Waals surface area contributed by atoms with E-state index in [4.69, 9.17) is 14.5 Å². The molecule has 6 rings (SSSR count). The number of aromatic nitrogens is 1. The van der Waals surface area contributed by atoms with E-state index in [1.807, 2.05) is 67.6 Å². The lowest BCUT2D eigenvalue weighted by Crippen LogP contribution is -2.35. The number of carbonyl (C=O) groups is 1. The second-order valence-electron chi connectivity index (χ2n) is 10.7. The molecule has 0 radical (unpaired) electrons. The number of halogens is 1. The van der Waals surface area contributed by atoms with E-state index in [9.17, 15) is 14.3 Å². The molecular formula is C33H33FN2O4. The van der Waals surface area contributed by atoms with Crippen molar-refractivity contribution < 1.29 is 23.8 Å². The smallest absolute Gasteiger partial charge is 0.308 e. The molecule has 206 valence electrons. The molecule has 2 aliphatic heterocycles. The van der Waals surface area contributed by atoms with Crippen molar-refractivity contribution in [1.29, 1.82) is 0 Å². The molecule has 3 heterocycles. The highest BCUT2D eigenvalue weighted by molar-refractivity contribution is 5.99. The van der Waals surface area contributed by atoms with Crippen molar-refractivity contribution in [2.45, 2.75) is 44.8 Å². The van der Waals surface area contributed by atoms with E-state index in [1.54, 1.807) is 0 Å². The van der Waals surface area contributed by atoms with Gasteiger partial charge >= 0.3 is 5.97 Å². The highest BCUT2D eigenvalue weighted by Crippen LogP contribution is 2.46. The van der Waals surface area contributed by atoms with Crippen LogP contribution in [0, 0.1) is 11.7 Å². The minimum atomic E-state index is -0.779. The van der Waals surface area contributed by atoms with Crippen LogP contribution >= 0.6 is 0 Å². The Bertz CT molecular complexity index is 1500. The van der Waals surface area contributed by atoms with E-state index in [-0.39, 0.29) is 17.8 Å². The van der Waals surface area contributed by atoms with E-state index < -0.39 is 11.9 Å². The summed E-state index contributed by atoms with van der Waals surface area (Å²) in [6.07, 6.45) is 2.25. The normalized spacial score (nSPS) is 19.7. The number of aliphatic carboxylic acids is 1. The van der Waals surface area contributed by atoms with Crippen LogP contribution in [-0.4, -0.2) is 41.9 Å². The summed E-state index contributed by atoms with van der Waals surface area (Å²) < 4.78 is 25.9. The van der Waals surface area contributed by atoms with Crippen molar-refractivity contribution in [3.05, 3.63) is 89.7 Å². The summed E-state index contributed by atoms with van der Waals surface area (Å²) in [7, 11) is 0. The molecule has 3 aromatic carbocycles. The number of anilines is 1. The molecule has 2 fully saturated rings. The van der Waals surface area contributed by atoms with Crippen LogP contribution in [0.25, 0.3) is 22.0 Å². The summed E-state index contributed by atoms with van der Waals surface area (Å²) in [5.41, 5.74) is 4.87. The number of pyridine rings is 1. The number of ether oxygens (including phenoxy) is 2. The van der Waals surface area contributed by atoms with Crippen LogP contribution in [0.2, 0.25) is 0 Å². The number of fused-ring (bicyclic) bond motifs is 1. The van der Waals surface area contributed by atoms with E-state index in [2.05, 4.69) is 4.90 Å². The minimum absolute atomic E-state index is 0.186. The van der Waals surface area contributed by atoms with Gasteiger partial charge in [-0.15, -0.1) is 0 Å². The second-order valence-corrected chi connectivity index (χ2v) is 10.7. The Morgan fingerprint density at radius 3 is 2.50 bits per heavy atom. The molecule has 0 amide bonds. The van der Waals surface area contributed by atoms with E-state index in [1.165, 1.54) is 12.1 Å². The number of hydrogen-bond donors (Lipinski definition) is 1. The molecule has 2 atom stereocenters. The van der Waals surface area contributed by atoms with Gasteiger partial charge in [0.25, 0.3) is 0 Å². The molecule has 0 spiro atoms. The molecule has 0 aliphatic carbocycles. The average Bonchev–Trinajstić information content (AvgIpc) is 3.37. The molecule has 2 aliphatic rings. The van der Waals surface area contributed by atoms with Gasteiger partial charge in [-0.25, -0.2) is 9.37 Å². The van der Waals surface area contributed by atoms with Crippen LogP contribution in [0.4, 0.5) is 10.2 Å². The van der Waals surface area contributed by atoms with Crippen molar-refractivity contribution in [3.63, 3.8) is 0 Å². The maximum atomic E-state index is 14.0. The summed E-state index contributed by atoms with van der Waals surface area (Å²) in [6.45, 7) is 4.34. The van der Waals surface area contributed by atoms with Crippen LogP contribution in [0.15, 0.2) is 72.8 Å². The molecule has 6 nitrogen and oxygen atoms in total. The summed E-state index contributed by atoms with van der Waals surface area (Å²) >= 11 is 0. The van der Waals surface area contributed by atoms with Gasteiger partial charge in [-0.2, -0.15) is 0 Å². The number of benzene rings is 3. The number of rotatable bonds is 7. The van der Waals surface area contributed by atoms with Crippen LogP contribution < -0.4 is 9.64 Å². The fraction of sp³-hybridized carbons (Fsp3) is 0.333. The van der Waals surface area contributed by atoms with E-state index >= 15 is 0 Å². The monoisotopic (exact) mass is 540 g/mol. The van der Waals surface area contributed by atoms with Gasteiger partial charge in [0.05, 0.1) is 11.4 Å². The summed E-state index contributed by atoms with van der Waals surface area (Å²) in [6, 6.07) is 22.4. The molecule has 4 aromatic rings. The molecule has 1 unspecified atom stereocenters. The maximum absolute atomic E-state index is 14.0. The van der Waals surface area contributed by atoms with Gasteiger partial charge in [-0.1, -0.05) is 42.5 Å². The third-order valence-electron chi connectivity index (χ3n) is 8.33. The van der Waals surface area contributed by atoms with Gasteiger partial charge < -0.3 is 19.5 Å². The SMILES string of the molecule is CC1[C@H](C(=O)O)CCN1c1nc2cc(OCc3ccccc3)ccc2c(-c2ccc(F)cc2)c1C1CCOCC1. The molecule has 0 saturated carbocycles. The maximum Gasteiger partial charge on any atom is 0.308 e. The lowest BCUT2D eigenvalue weighted by atomic mass is 9.84. The number of carboxylic acids is 1. The van der Waals surface area contributed by atoms with Crippen LogP contribution in [0.5, 0.6) is 5.75 Å². The van der Waals surface area contributed by atoms with Crippen molar-refractivity contribution in [1.82, 2.24) is 4.98 Å². The average molecular weight is 541 g/mol. The number of carboxylic acid groups (broad SMARTS) is 1. The predicted octanol–water partition coefficient (Wildman–Crippen LogP) is 6.81. The Labute approximate surface area is 233 Å². The first-order valence-corrected chi connectivity index (χ1v) is 14.0. The first kappa shape index (κ1) is 26.3. The zero-order valence-electron chi connectivity index (χ0n) is 22.6. The van der Waals surface area contributed by atoms with Crippen LogP contribution in [0.1, 0.15) is 43.2 Å². The predicted molar refractivity (Wildman–Crippen MR) is 153 cm³/mol. The molecule has 2 saturated heterocycles. The Morgan fingerprint density at radius 1 is 1.05 bits per heavy atom. The lowest BCUT2D eigenvalue weighted by molar-refractivity contribution is -0.141. The highest BCUT2D eigenvalue weighted by Gasteiger charge is 2.39. The number of hydrogen-bond acceptors (Lipinski definition) is 5.